The van der Waals surface area contributed by atoms with E-state index in [1.807, 2.05) is 0 Å². The molecule has 0 amide bonds. The van der Waals surface area contributed by atoms with Crippen LogP contribution in [0, 0.1) is 11.3 Å². The number of hydrogen-bond acceptors (Lipinski definition) is 2. The Kier molecular flexibility index (Phi) is 20.5. The first-order valence-corrected chi connectivity index (χ1v) is 4.40. The number of nitrogens with zero attached hydrogens (tertiary/aromatic N) is 1. The highest BCUT2D eigenvalue weighted by atomic mass is 35.5. The van der Waals surface area contributed by atoms with Gasteiger partial charge in [0.2, 0.25) is 0 Å². The van der Waals surface area contributed by atoms with E-state index >= 15 is 0 Å². The molecule has 66 valence electrons. The number of alkyl halides is 2. The van der Waals surface area contributed by atoms with Crippen LogP contribution in [0.5, 0.6) is 0 Å². The Bertz CT molecular complexity index is 81.3. The van der Waals surface area contributed by atoms with E-state index in [2.05, 4.69) is 0 Å². The molecule has 4 heteroatoms. The molecule has 1 aliphatic rings. The van der Waals surface area contributed by atoms with Crippen molar-refractivity contribution in [2.24, 2.45) is 0 Å². The first kappa shape index (κ1) is 13.6. The minimum absolute atomic E-state index is 0.194. The molecule has 0 bridgehead atoms. The maximum absolute atomic E-state index is 7.32. The number of hydrogen-bond donors (Lipinski definition) is 0. The SMILES string of the molecule is C1CCOC1.CC#N.ClCCl. The van der Waals surface area contributed by atoms with Gasteiger partial charge in [-0.3, -0.25) is 0 Å². The summed E-state index contributed by atoms with van der Waals surface area (Å²) in [5.74, 6) is 0. The predicted octanol–water partition coefficient (Wildman–Crippen LogP) is 2.75. The largest absolute Gasteiger partial charge is 0.381 e. The minimum atomic E-state index is 0.194. The van der Waals surface area contributed by atoms with E-state index in [4.69, 9.17) is 33.2 Å². The third kappa shape index (κ3) is 25.6. The fourth-order valence-electron chi connectivity index (χ4n) is 0.510. The van der Waals surface area contributed by atoms with Gasteiger partial charge >= 0.3 is 0 Å². The van der Waals surface area contributed by atoms with Crippen molar-refractivity contribution in [3.63, 3.8) is 0 Å². The van der Waals surface area contributed by atoms with E-state index in [9.17, 15) is 0 Å². The lowest BCUT2D eigenvalue weighted by molar-refractivity contribution is 0.198. The number of ether oxygens (including phenoxy) is 1. The molecule has 1 fully saturated rings. The van der Waals surface area contributed by atoms with Crippen LogP contribution in [-0.2, 0) is 4.74 Å². The molecular weight excluding hydrogens is 185 g/mol. The molecule has 0 spiro atoms. The molecule has 11 heavy (non-hydrogen) atoms. The zero-order chi connectivity index (χ0) is 8.95. The zero-order valence-corrected chi connectivity index (χ0v) is 8.16. The van der Waals surface area contributed by atoms with E-state index in [0.717, 1.165) is 13.2 Å². The van der Waals surface area contributed by atoms with Crippen LogP contribution in [0.25, 0.3) is 0 Å². The van der Waals surface area contributed by atoms with Crippen molar-refractivity contribution < 1.29 is 4.74 Å². The summed E-state index contributed by atoms with van der Waals surface area (Å²) in [5, 5.41) is 7.51. The van der Waals surface area contributed by atoms with Crippen LogP contribution < -0.4 is 0 Å². The van der Waals surface area contributed by atoms with Crippen molar-refractivity contribution >= 4 is 23.2 Å². The second-order valence-electron chi connectivity index (χ2n) is 1.64. The lowest BCUT2D eigenvalue weighted by atomic mass is 10.4. The van der Waals surface area contributed by atoms with Gasteiger partial charge in [0.25, 0.3) is 0 Å². The van der Waals surface area contributed by atoms with Crippen LogP contribution in [0.15, 0.2) is 0 Å². The summed E-state index contributed by atoms with van der Waals surface area (Å²) >= 11 is 9.53. The van der Waals surface area contributed by atoms with Gasteiger partial charge < -0.3 is 4.74 Å². The van der Waals surface area contributed by atoms with Gasteiger partial charge in [0.1, 0.15) is 0 Å². The second-order valence-corrected chi connectivity index (χ2v) is 2.45. The standard InChI is InChI=1S/C4H8O.C2H3N.CH2Cl2/c1-2-4-5-3-1;1-2-3;2-1-3/h1-4H2;1H3;1H2. The van der Waals surface area contributed by atoms with Crippen molar-refractivity contribution in [3.05, 3.63) is 0 Å². The van der Waals surface area contributed by atoms with Crippen molar-refractivity contribution in [2.75, 3.05) is 18.6 Å². The predicted molar refractivity (Wildman–Crippen MR) is 47.9 cm³/mol. The van der Waals surface area contributed by atoms with E-state index in [0.29, 0.717) is 0 Å². The van der Waals surface area contributed by atoms with Crippen LogP contribution in [0.3, 0.4) is 0 Å². The third-order valence-corrected chi connectivity index (χ3v) is 0.827. The average molecular weight is 198 g/mol. The lowest BCUT2D eigenvalue weighted by Crippen LogP contribution is -1.74. The van der Waals surface area contributed by atoms with Gasteiger partial charge in [0.05, 0.1) is 11.4 Å². The fraction of sp³-hybridized carbons (Fsp3) is 0.857. The molecule has 0 aromatic rings. The van der Waals surface area contributed by atoms with Crippen LogP contribution in [0.2, 0.25) is 0 Å². The summed E-state index contributed by atoms with van der Waals surface area (Å²) in [4.78, 5) is 0. The number of nitriles is 1. The monoisotopic (exact) mass is 197 g/mol. The lowest BCUT2D eigenvalue weighted by Gasteiger charge is -1.76. The molecule has 0 aromatic carbocycles. The molecule has 0 aromatic heterocycles. The second kappa shape index (κ2) is 16.5. The zero-order valence-electron chi connectivity index (χ0n) is 6.65. The molecule has 0 atom stereocenters. The van der Waals surface area contributed by atoms with E-state index in [-0.39, 0.29) is 5.34 Å². The maximum Gasteiger partial charge on any atom is 0.0967 e. The Morgan fingerprint density at radius 3 is 1.73 bits per heavy atom. The van der Waals surface area contributed by atoms with Crippen molar-refractivity contribution in [2.45, 2.75) is 19.8 Å². The van der Waals surface area contributed by atoms with Crippen LogP contribution in [-0.4, -0.2) is 18.6 Å². The Morgan fingerprint density at radius 2 is 1.64 bits per heavy atom. The molecular formula is C7H13Cl2NO. The highest BCUT2D eigenvalue weighted by Gasteiger charge is 1.94. The quantitative estimate of drug-likeness (QED) is 0.560. The van der Waals surface area contributed by atoms with Gasteiger partial charge in [0, 0.05) is 20.1 Å². The molecule has 0 aliphatic carbocycles. The Balaban J connectivity index is 0. The van der Waals surface area contributed by atoms with E-state index in [1.165, 1.54) is 19.8 Å². The molecule has 0 unspecified atom stereocenters. The van der Waals surface area contributed by atoms with Gasteiger partial charge in [0.15, 0.2) is 0 Å². The third-order valence-electron chi connectivity index (χ3n) is 0.827. The molecule has 1 aliphatic heterocycles. The summed E-state index contributed by atoms with van der Waals surface area (Å²) in [7, 11) is 0. The average Bonchev–Trinajstić information content (AvgIpc) is 2.44. The highest BCUT2D eigenvalue weighted by Crippen LogP contribution is 1.98. The van der Waals surface area contributed by atoms with Gasteiger partial charge in [-0.1, -0.05) is 0 Å². The molecule has 0 saturated carbocycles. The molecule has 1 saturated heterocycles. The Hall–Kier alpha value is 0.0300. The van der Waals surface area contributed by atoms with Gasteiger partial charge in [-0.05, 0) is 12.8 Å². The van der Waals surface area contributed by atoms with Crippen LogP contribution in [0.4, 0.5) is 0 Å². The molecule has 1 rings (SSSR count). The van der Waals surface area contributed by atoms with Crippen molar-refractivity contribution in [1.29, 1.82) is 5.26 Å². The van der Waals surface area contributed by atoms with Gasteiger partial charge in [-0.2, -0.15) is 5.26 Å². The summed E-state index contributed by atoms with van der Waals surface area (Å²) in [6.45, 7) is 3.43. The van der Waals surface area contributed by atoms with Crippen molar-refractivity contribution in [1.82, 2.24) is 0 Å². The minimum Gasteiger partial charge on any atom is -0.381 e. The Labute approximate surface area is 78.0 Å². The first-order chi connectivity index (χ1) is 5.33. The molecule has 1 heterocycles. The van der Waals surface area contributed by atoms with Crippen LogP contribution >= 0.6 is 23.2 Å². The summed E-state index contributed by atoms with van der Waals surface area (Å²) < 4.78 is 4.94. The fourth-order valence-corrected chi connectivity index (χ4v) is 0.510. The number of rotatable bonds is 0. The van der Waals surface area contributed by atoms with Crippen LogP contribution in [0.1, 0.15) is 19.8 Å². The normalized spacial score (nSPS) is 13.3. The molecule has 0 radical (unpaired) electrons. The maximum atomic E-state index is 7.32. The molecule has 0 N–H and O–H groups in total. The van der Waals surface area contributed by atoms with Gasteiger partial charge in [-0.25, -0.2) is 0 Å². The Morgan fingerprint density at radius 1 is 1.36 bits per heavy atom. The van der Waals surface area contributed by atoms with Crippen molar-refractivity contribution in [3.8, 4) is 6.07 Å². The first-order valence-electron chi connectivity index (χ1n) is 3.34. The smallest absolute Gasteiger partial charge is 0.0967 e. The summed E-state index contributed by atoms with van der Waals surface area (Å²) in [6, 6.07) is 1.75. The van der Waals surface area contributed by atoms with Gasteiger partial charge in [-0.15, -0.1) is 23.2 Å². The number of halogens is 2. The topological polar surface area (TPSA) is 33.0 Å². The highest BCUT2D eigenvalue weighted by molar-refractivity contribution is 6.40. The van der Waals surface area contributed by atoms with E-state index in [1.54, 1.807) is 6.07 Å². The van der Waals surface area contributed by atoms with E-state index < -0.39 is 0 Å². The summed E-state index contributed by atoms with van der Waals surface area (Å²) in [6.07, 6.45) is 2.56. The molecule has 2 nitrogen and oxygen atoms in total. The summed E-state index contributed by atoms with van der Waals surface area (Å²) in [5.41, 5.74) is 0.